The third-order valence-corrected chi connectivity index (χ3v) is 3.81. The van der Waals surface area contributed by atoms with Gasteiger partial charge in [0.05, 0.1) is 14.2 Å². The Morgan fingerprint density at radius 3 is 2.54 bits per heavy atom. The van der Waals surface area contributed by atoms with Crippen LogP contribution in [-0.4, -0.2) is 26.7 Å². The summed E-state index contributed by atoms with van der Waals surface area (Å²) < 4.78 is 10.5. The van der Waals surface area contributed by atoms with Gasteiger partial charge in [-0.05, 0) is 29.7 Å². The molecular formula is C20H23NO3. The topological polar surface area (TPSA) is 47.6 Å². The molecule has 1 atom stereocenters. The first-order valence-corrected chi connectivity index (χ1v) is 7.87. The molecule has 0 aromatic heterocycles. The predicted octanol–water partition coefficient (Wildman–Crippen LogP) is 3.64. The molecule has 0 saturated heterocycles. The standard InChI is InChI=1S/C20H23NO3/c1-15(16-7-5-4-6-8-16)14-21-20(22)12-10-17-9-11-18(23-2)13-19(17)24-3/h4-13,15H,14H2,1-3H3,(H,21,22)/b12-10+/t15-/m1/s1. The zero-order valence-electron chi connectivity index (χ0n) is 14.3. The van der Waals surface area contributed by atoms with Gasteiger partial charge in [-0.15, -0.1) is 0 Å². The molecule has 0 heterocycles. The van der Waals surface area contributed by atoms with Crippen molar-refractivity contribution in [2.75, 3.05) is 20.8 Å². The van der Waals surface area contributed by atoms with Gasteiger partial charge in [0.2, 0.25) is 5.91 Å². The molecule has 4 heteroatoms. The van der Waals surface area contributed by atoms with Crippen molar-refractivity contribution in [2.45, 2.75) is 12.8 Å². The van der Waals surface area contributed by atoms with E-state index in [0.717, 1.165) is 5.56 Å². The van der Waals surface area contributed by atoms with Gasteiger partial charge < -0.3 is 14.8 Å². The summed E-state index contributed by atoms with van der Waals surface area (Å²) in [4.78, 5) is 12.0. The average molecular weight is 325 g/mol. The van der Waals surface area contributed by atoms with Crippen LogP contribution in [0.3, 0.4) is 0 Å². The molecule has 1 N–H and O–H groups in total. The summed E-state index contributed by atoms with van der Waals surface area (Å²) in [7, 11) is 3.19. The molecule has 2 aromatic rings. The number of ether oxygens (including phenoxy) is 2. The lowest BCUT2D eigenvalue weighted by atomic mass is 10.0. The van der Waals surface area contributed by atoms with Gasteiger partial charge in [0, 0.05) is 24.3 Å². The van der Waals surface area contributed by atoms with E-state index in [2.05, 4.69) is 24.4 Å². The molecular weight excluding hydrogens is 302 g/mol. The number of amides is 1. The molecule has 0 aliphatic rings. The maximum absolute atomic E-state index is 12.0. The number of carbonyl (C=O) groups excluding carboxylic acids is 1. The van der Waals surface area contributed by atoms with Crippen LogP contribution < -0.4 is 14.8 Å². The predicted molar refractivity (Wildman–Crippen MR) is 96.4 cm³/mol. The van der Waals surface area contributed by atoms with Crippen LogP contribution in [0.4, 0.5) is 0 Å². The molecule has 0 bridgehead atoms. The molecule has 24 heavy (non-hydrogen) atoms. The summed E-state index contributed by atoms with van der Waals surface area (Å²) in [5, 5.41) is 2.92. The highest BCUT2D eigenvalue weighted by atomic mass is 16.5. The van der Waals surface area contributed by atoms with Gasteiger partial charge in [0.15, 0.2) is 0 Å². The van der Waals surface area contributed by atoms with Gasteiger partial charge in [-0.2, -0.15) is 0 Å². The number of methoxy groups -OCH3 is 2. The lowest BCUT2D eigenvalue weighted by molar-refractivity contribution is -0.116. The molecule has 0 unspecified atom stereocenters. The quantitative estimate of drug-likeness (QED) is 0.791. The fourth-order valence-electron chi connectivity index (χ4n) is 2.33. The number of benzene rings is 2. The average Bonchev–Trinajstić information content (AvgIpc) is 2.64. The molecule has 126 valence electrons. The SMILES string of the molecule is COc1ccc(/C=C/C(=O)NC[C@@H](C)c2ccccc2)c(OC)c1. The van der Waals surface area contributed by atoms with Crippen LogP contribution in [-0.2, 0) is 4.79 Å². The summed E-state index contributed by atoms with van der Waals surface area (Å²) in [6.45, 7) is 2.68. The molecule has 0 aliphatic carbocycles. The lowest BCUT2D eigenvalue weighted by Gasteiger charge is -2.12. The van der Waals surface area contributed by atoms with Crippen LogP contribution in [0.15, 0.2) is 54.6 Å². The smallest absolute Gasteiger partial charge is 0.244 e. The van der Waals surface area contributed by atoms with Crippen LogP contribution in [0.5, 0.6) is 11.5 Å². The molecule has 0 aliphatic heterocycles. The van der Waals surface area contributed by atoms with Crippen molar-refractivity contribution in [3.8, 4) is 11.5 Å². The van der Waals surface area contributed by atoms with Crippen molar-refractivity contribution in [1.29, 1.82) is 0 Å². The Bertz CT molecular complexity index is 695. The van der Waals surface area contributed by atoms with Gasteiger partial charge in [-0.3, -0.25) is 4.79 Å². The van der Waals surface area contributed by atoms with E-state index in [9.17, 15) is 4.79 Å². The fourth-order valence-corrected chi connectivity index (χ4v) is 2.33. The Balaban J connectivity index is 1.93. The zero-order valence-corrected chi connectivity index (χ0v) is 14.3. The molecule has 0 saturated carbocycles. The van der Waals surface area contributed by atoms with Gasteiger partial charge in [-0.25, -0.2) is 0 Å². The second-order valence-electron chi connectivity index (χ2n) is 5.50. The second-order valence-corrected chi connectivity index (χ2v) is 5.50. The number of hydrogen-bond donors (Lipinski definition) is 1. The Labute approximate surface area is 143 Å². The summed E-state index contributed by atoms with van der Waals surface area (Å²) in [6, 6.07) is 15.6. The largest absolute Gasteiger partial charge is 0.497 e. The Kier molecular flexibility index (Phi) is 6.43. The molecule has 2 rings (SSSR count). The van der Waals surface area contributed by atoms with Crippen LogP contribution in [0, 0.1) is 0 Å². The van der Waals surface area contributed by atoms with Gasteiger partial charge in [0.25, 0.3) is 0 Å². The van der Waals surface area contributed by atoms with Crippen molar-refractivity contribution in [2.24, 2.45) is 0 Å². The molecule has 4 nitrogen and oxygen atoms in total. The molecule has 0 spiro atoms. The highest BCUT2D eigenvalue weighted by molar-refractivity contribution is 5.92. The maximum Gasteiger partial charge on any atom is 0.244 e. The van der Waals surface area contributed by atoms with Crippen LogP contribution in [0.1, 0.15) is 24.0 Å². The van der Waals surface area contributed by atoms with Gasteiger partial charge in [-0.1, -0.05) is 37.3 Å². The van der Waals surface area contributed by atoms with Crippen LogP contribution in [0.25, 0.3) is 6.08 Å². The molecule has 0 fully saturated rings. The van der Waals surface area contributed by atoms with Crippen LogP contribution in [0.2, 0.25) is 0 Å². The number of hydrogen-bond acceptors (Lipinski definition) is 3. The second kappa shape index (κ2) is 8.77. The van der Waals surface area contributed by atoms with Crippen molar-refractivity contribution < 1.29 is 14.3 Å². The first kappa shape index (κ1) is 17.6. The van der Waals surface area contributed by atoms with Crippen molar-refractivity contribution >= 4 is 12.0 Å². The monoisotopic (exact) mass is 325 g/mol. The minimum absolute atomic E-state index is 0.129. The first-order chi connectivity index (χ1) is 11.6. The first-order valence-electron chi connectivity index (χ1n) is 7.87. The molecule has 0 radical (unpaired) electrons. The Hall–Kier alpha value is -2.75. The minimum atomic E-state index is -0.129. The van der Waals surface area contributed by atoms with Crippen molar-refractivity contribution in [1.82, 2.24) is 5.32 Å². The Morgan fingerprint density at radius 2 is 1.88 bits per heavy atom. The zero-order chi connectivity index (χ0) is 17.4. The van der Waals surface area contributed by atoms with E-state index in [1.807, 2.05) is 30.3 Å². The third-order valence-electron chi connectivity index (χ3n) is 3.81. The highest BCUT2D eigenvalue weighted by Gasteiger charge is 2.06. The van der Waals surface area contributed by atoms with E-state index in [4.69, 9.17) is 9.47 Å². The number of rotatable bonds is 7. The lowest BCUT2D eigenvalue weighted by Crippen LogP contribution is -2.25. The van der Waals surface area contributed by atoms with E-state index in [1.165, 1.54) is 11.6 Å². The molecule has 2 aromatic carbocycles. The summed E-state index contributed by atoms with van der Waals surface area (Å²) in [6.07, 6.45) is 3.25. The minimum Gasteiger partial charge on any atom is -0.497 e. The van der Waals surface area contributed by atoms with E-state index in [1.54, 1.807) is 26.4 Å². The normalized spacial score (nSPS) is 12.0. The highest BCUT2D eigenvalue weighted by Crippen LogP contribution is 2.25. The third kappa shape index (κ3) is 4.88. The summed E-state index contributed by atoms with van der Waals surface area (Å²) in [5.74, 6) is 1.51. The Morgan fingerprint density at radius 1 is 1.12 bits per heavy atom. The van der Waals surface area contributed by atoms with E-state index in [0.29, 0.717) is 18.0 Å². The summed E-state index contributed by atoms with van der Waals surface area (Å²) >= 11 is 0. The maximum atomic E-state index is 12.0. The van der Waals surface area contributed by atoms with E-state index < -0.39 is 0 Å². The van der Waals surface area contributed by atoms with Crippen molar-refractivity contribution in [3.05, 3.63) is 65.7 Å². The molecule has 1 amide bonds. The van der Waals surface area contributed by atoms with Gasteiger partial charge in [0.1, 0.15) is 11.5 Å². The number of nitrogens with one attached hydrogen (secondary N) is 1. The number of carbonyl (C=O) groups is 1. The van der Waals surface area contributed by atoms with Crippen molar-refractivity contribution in [3.63, 3.8) is 0 Å². The van der Waals surface area contributed by atoms with E-state index >= 15 is 0 Å². The van der Waals surface area contributed by atoms with E-state index in [-0.39, 0.29) is 11.8 Å². The fraction of sp³-hybridized carbons (Fsp3) is 0.250. The van der Waals surface area contributed by atoms with Crippen LogP contribution >= 0.6 is 0 Å². The van der Waals surface area contributed by atoms with Gasteiger partial charge >= 0.3 is 0 Å². The summed E-state index contributed by atoms with van der Waals surface area (Å²) in [5.41, 5.74) is 2.03.